The van der Waals surface area contributed by atoms with E-state index in [4.69, 9.17) is 10.2 Å². The van der Waals surface area contributed by atoms with Gasteiger partial charge in [0, 0.05) is 18.8 Å². The number of carboxylic acids is 1. The average Bonchev–Trinajstić information content (AvgIpc) is 2.34. The lowest BCUT2D eigenvalue weighted by Crippen LogP contribution is -2.36. The molecular formula is C13H19NO4. The van der Waals surface area contributed by atoms with Crippen LogP contribution in [0.3, 0.4) is 0 Å². The van der Waals surface area contributed by atoms with Gasteiger partial charge in [-0.3, -0.25) is 4.79 Å². The van der Waals surface area contributed by atoms with Crippen LogP contribution < -0.4 is 4.90 Å². The summed E-state index contributed by atoms with van der Waals surface area (Å²) in [6, 6.07) is 7.56. The third kappa shape index (κ3) is 4.35. The zero-order chi connectivity index (χ0) is 13.5. The number of nitrogens with zero attached hydrogens (tertiary/aromatic N) is 1. The fourth-order valence-corrected chi connectivity index (χ4v) is 1.77. The lowest BCUT2D eigenvalue weighted by atomic mass is 10.1. The van der Waals surface area contributed by atoms with Crippen LogP contribution in [-0.4, -0.2) is 47.1 Å². The van der Waals surface area contributed by atoms with E-state index in [1.165, 1.54) is 0 Å². The summed E-state index contributed by atoms with van der Waals surface area (Å²) in [6.07, 6.45) is -0.884. The van der Waals surface area contributed by atoms with Crippen LogP contribution in [0.1, 0.15) is 12.0 Å². The number of aliphatic carboxylic acids is 1. The van der Waals surface area contributed by atoms with Crippen LogP contribution in [-0.2, 0) is 4.79 Å². The Hall–Kier alpha value is -1.59. The lowest BCUT2D eigenvalue weighted by molar-refractivity contribution is -0.136. The standard InChI is InChI=1S/C13H19NO4/c1-10-4-2-3-5-12(10)14(7-6-13(17)18)8-11(16)9-15/h2-5,11,15-16H,6-9H2,1H3,(H,17,18). The van der Waals surface area contributed by atoms with Crippen molar-refractivity contribution in [2.75, 3.05) is 24.6 Å². The molecule has 0 amide bonds. The minimum atomic E-state index is -0.882. The van der Waals surface area contributed by atoms with E-state index in [-0.39, 0.29) is 19.6 Å². The summed E-state index contributed by atoms with van der Waals surface area (Å²) in [5, 5.41) is 27.1. The maximum Gasteiger partial charge on any atom is 0.305 e. The Morgan fingerprint density at radius 2 is 2.06 bits per heavy atom. The quantitative estimate of drug-likeness (QED) is 0.664. The molecule has 0 saturated carbocycles. The van der Waals surface area contributed by atoms with E-state index in [9.17, 15) is 9.90 Å². The maximum absolute atomic E-state index is 10.6. The number of anilines is 1. The molecule has 1 rings (SSSR count). The highest BCUT2D eigenvalue weighted by atomic mass is 16.4. The Morgan fingerprint density at radius 1 is 1.39 bits per heavy atom. The number of rotatable bonds is 7. The summed E-state index contributed by atoms with van der Waals surface area (Å²) in [6.45, 7) is 2.11. The van der Waals surface area contributed by atoms with Gasteiger partial charge in [0.2, 0.25) is 0 Å². The van der Waals surface area contributed by atoms with Gasteiger partial charge in [0.25, 0.3) is 0 Å². The molecule has 0 saturated heterocycles. The number of aryl methyl sites for hydroxylation is 1. The Kier molecular flexibility index (Phi) is 5.61. The van der Waals surface area contributed by atoms with Gasteiger partial charge in [0.1, 0.15) is 0 Å². The molecule has 3 N–H and O–H groups in total. The van der Waals surface area contributed by atoms with Gasteiger partial charge in [-0.05, 0) is 18.6 Å². The predicted molar refractivity (Wildman–Crippen MR) is 68.7 cm³/mol. The van der Waals surface area contributed by atoms with Crippen LogP contribution in [0.5, 0.6) is 0 Å². The number of carboxylic acid groups (broad SMARTS) is 1. The highest BCUT2D eigenvalue weighted by molar-refractivity contribution is 5.68. The van der Waals surface area contributed by atoms with Crippen LogP contribution in [0, 0.1) is 6.92 Å². The van der Waals surface area contributed by atoms with Crippen molar-refractivity contribution >= 4 is 11.7 Å². The fraction of sp³-hybridized carbons (Fsp3) is 0.462. The summed E-state index contributed by atoms with van der Waals surface area (Å²) in [7, 11) is 0. The number of aliphatic hydroxyl groups is 2. The van der Waals surface area contributed by atoms with Gasteiger partial charge < -0.3 is 20.2 Å². The molecule has 0 radical (unpaired) electrons. The van der Waals surface area contributed by atoms with Gasteiger partial charge in [0.05, 0.1) is 19.1 Å². The molecule has 0 heterocycles. The highest BCUT2D eigenvalue weighted by Crippen LogP contribution is 2.19. The van der Waals surface area contributed by atoms with E-state index >= 15 is 0 Å². The summed E-state index contributed by atoms with van der Waals surface area (Å²) in [5.74, 6) is -0.882. The zero-order valence-electron chi connectivity index (χ0n) is 10.4. The minimum Gasteiger partial charge on any atom is -0.481 e. The first-order valence-corrected chi connectivity index (χ1v) is 5.86. The highest BCUT2D eigenvalue weighted by Gasteiger charge is 2.14. The van der Waals surface area contributed by atoms with Crippen molar-refractivity contribution in [3.8, 4) is 0 Å². The minimum absolute atomic E-state index is 0.00746. The van der Waals surface area contributed by atoms with Crippen molar-refractivity contribution in [2.45, 2.75) is 19.4 Å². The molecule has 1 aromatic rings. The molecule has 5 nitrogen and oxygen atoms in total. The number of hydrogen-bond donors (Lipinski definition) is 3. The monoisotopic (exact) mass is 253 g/mol. The smallest absolute Gasteiger partial charge is 0.305 e. The summed E-state index contributed by atoms with van der Waals surface area (Å²) in [4.78, 5) is 12.4. The van der Waals surface area contributed by atoms with Gasteiger partial charge in [-0.1, -0.05) is 18.2 Å². The van der Waals surface area contributed by atoms with E-state index in [0.717, 1.165) is 11.3 Å². The first-order chi connectivity index (χ1) is 8.54. The Balaban J connectivity index is 2.82. The van der Waals surface area contributed by atoms with E-state index in [1.807, 2.05) is 31.2 Å². The maximum atomic E-state index is 10.6. The Labute approximate surface area is 106 Å². The normalized spacial score (nSPS) is 12.2. The van der Waals surface area contributed by atoms with E-state index in [0.29, 0.717) is 6.54 Å². The van der Waals surface area contributed by atoms with Crippen molar-refractivity contribution in [2.24, 2.45) is 0 Å². The number of carbonyl (C=O) groups is 1. The second kappa shape index (κ2) is 6.98. The van der Waals surface area contributed by atoms with E-state index in [2.05, 4.69) is 0 Å². The second-order valence-corrected chi connectivity index (χ2v) is 4.21. The van der Waals surface area contributed by atoms with Gasteiger partial charge >= 0.3 is 5.97 Å². The predicted octanol–water partition coefficient (Wildman–Crippen LogP) is 0.629. The van der Waals surface area contributed by atoms with Crippen molar-refractivity contribution in [3.05, 3.63) is 29.8 Å². The summed E-state index contributed by atoms with van der Waals surface area (Å²) < 4.78 is 0. The molecule has 0 fully saturated rings. The molecule has 0 aliphatic carbocycles. The van der Waals surface area contributed by atoms with Crippen LogP contribution >= 0.6 is 0 Å². The van der Waals surface area contributed by atoms with Crippen molar-refractivity contribution in [3.63, 3.8) is 0 Å². The molecule has 1 atom stereocenters. The molecule has 18 heavy (non-hydrogen) atoms. The van der Waals surface area contributed by atoms with Crippen molar-refractivity contribution in [1.29, 1.82) is 0 Å². The van der Waals surface area contributed by atoms with Gasteiger partial charge in [0.15, 0.2) is 0 Å². The van der Waals surface area contributed by atoms with E-state index in [1.54, 1.807) is 4.90 Å². The Morgan fingerprint density at radius 3 is 2.61 bits per heavy atom. The lowest BCUT2D eigenvalue weighted by Gasteiger charge is -2.27. The summed E-state index contributed by atoms with van der Waals surface area (Å²) >= 11 is 0. The molecular weight excluding hydrogens is 234 g/mol. The second-order valence-electron chi connectivity index (χ2n) is 4.21. The van der Waals surface area contributed by atoms with Crippen molar-refractivity contribution < 1.29 is 20.1 Å². The average molecular weight is 253 g/mol. The third-order valence-electron chi connectivity index (χ3n) is 2.69. The Bertz CT molecular complexity index is 394. The molecule has 0 aliphatic rings. The molecule has 1 unspecified atom stereocenters. The molecule has 5 heteroatoms. The van der Waals surface area contributed by atoms with Crippen LogP contribution in [0.4, 0.5) is 5.69 Å². The topological polar surface area (TPSA) is 81.0 Å². The molecule has 1 aromatic carbocycles. The van der Waals surface area contributed by atoms with E-state index < -0.39 is 12.1 Å². The molecule has 0 spiro atoms. The molecule has 0 aliphatic heterocycles. The first-order valence-electron chi connectivity index (χ1n) is 5.86. The molecule has 0 bridgehead atoms. The number of aliphatic hydroxyl groups excluding tert-OH is 2. The van der Waals surface area contributed by atoms with Crippen LogP contribution in [0.2, 0.25) is 0 Å². The van der Waals surface area contributed by atoms with Crippen LogP contribution in [0.15, 0.2) is 24.3 Å². The van der Waals surface area contributed by atoms with Gasteiger partial charge in [-0.2, -0.15) is 0 Å². The SMILES string of the molecule is Cc1ccccc1N(CCC(=O)O)CC(O)CO. The van der Waals surface area contributed by atoms with Gasteiger partial charge in [-0.15, -0.1) is 0 Å². The number of para-hydroxylation sites is 1. The third-order valence-corrected chi connectivity index (χ3v) is 2.69. The molecule has 0 aromatic heterocycles. The molecule has 100 valence electrons. The number of benzene rings is 1. The zero-order valence-corrected chi connectivity index (χ0v) is 10.4. The largest absolute Gasteiger partial charge is 0.481 e. The summed E-state index contributed by atoms with van der Waals surface area (Å²) in [5.41, 5.74) is 1.89. The fourth-order valence-electron chi connectivity index (χ4n) is 1.77. The number of hydrogen-bond acceptors (Lipinski definition) is 4. The first kappa shape index (κ1) is 14.5. The van der Waals surface area contributed by atoms with Gasteiger partial charge in [-0.25, -0.2) is 0 Å². The van der Waals surface area contributed by atoms with Crippen LogP contribution in [0.25, 0.3) is 0 Å². The van der Waals surface area contributed by atoms with Crippen molar-refractivity contribution in [1.82, 2.24) is 0 Å².